The van der Waals surface area contributed by atoms with Crippen LogP contribution in [0.5, 0.6) is 0 Å². The zero-order valence-electron chi connectivity index (χ0n) is 11.2. The van der Waals surface area contributed by atoms with E-state index < -0.39 is 12.0 Å². The summed E-state index contributed by atoms with van der Waals surface area (Å²) in [5.74, 6) is -0.399. The van der Waals surface area contributed by atoms with E-state index in [0.717, 1.165) is 16.7 Å². The average molecular weight is 290 g/mol. The van der Waals surface area contributed by atoms with Gasteiger partial charge in [0.2, 0.25) is 0 Å². The molecule has 1 atom stereocenters. The second-order valence-electron chi connectivity index (χ2n) is 4.54. The molecule has 0 spiro atoms. The van der Waals surface area contributed by atoms with E-state index in [-0.39, 0.29) is 0 Å². The molecule has 0 heterocycles. The van der Waals surface area contributed by atoms with Crippen LogP contribution in [0.1, 0.15) is 5.56 Å². The second-order valence-corrected chi connectivity index (χ2v) is 4.98. The van der Waals surface area contributed by atoms with Crippen LogP contribution in [0.2, 0.25) is 5.02 Å². The Morgan fingerprint density at radius 2 is 1.90 bits per heavy atom. The number of hydrogen-bond donors (Lipinski definition) is 1. The normalized spacial score (nSPS) is 11.9. The quantitative estimate of drug-likeness (QED) is 0.880. The van der Waals surface area contributed by atoms with Crippen LogP contribution in [-0.4, -0.2) is 19.1 Å². The van der Waals surface area contributed by atoms with Gasteiger partial charge in [0, 0.05) is 5.02 Å². The first-order valence-corrected chi connectivity index (χ1v) is 6.66. The summed E-state index contributed by atoms with van der Waals surface area (Å²) >= 11 is 5.98. The Kier molecular flexibility index (Phi) is 4.77. The minimum absolute atomic E-state index is 0.399. The lowest BCUT2D eigenvalue weighted by molar-refractivity contribution is -0.142. The number of benzene rings is 2. The highest BCUT2D eigenvalue weighted by Gasteiger charge is 2.14. The molecule has 0 aliphatic heterocycles. The lowest BCUT2D eigenvalue weighted by atomic mass is 10.0. The number of carbonyl (C=O) groups excluding carboxylic acids is 1. The smallest absolute Gasteiger partial charge is 0.322 e. The topological polar surface area (TPSA) is 52.3 Å². The van der Waals surface area contributed by atoms with Gasteiger partial charge in [-0.3, -0.25) is 4.79 Å². The molecule has 0 amide bonds. The summed E-state index contributed by atoms with van der Waals surface area (Å²) in [6, 6.07) is 14.9. The van der Waals surface area contributed by atoms with Gasteiger partial charge in [-0.15, -0.1) is 0 Å². The molecule has 0 saturated heterocycles. The van der Waals surface area contributed by atoms with Crippen LogP contribution in [0.25, 0.3) is 11.1 Å². The van der Waals surface area contributed by atoms with Crippen molar-refractivity contribution in [1.82, 2.24) is 0 Å². The van der Waals surface area contributed by atoms with E-state index in [1.165, 1.54) is 7.11 Å². The van der Waals surface area contributed by atoms with Crippen molar-refractivity contribution in [2.24, 2.45) is 5.73 Å². The molecule has 2 aromatic rings. The molecule has 0 aliphatic carbocycles. The molecule has 0 bridgehead atoms. The summed E-state index contributed by atoms with van der Waals surface area (Å²) in [7, 11) is 1.34. The summed E-state index contributed by atoms with van der Waals surface area (Å²) in [5, 5.41) is 0.708. The van der Waals surface area contributed by atoms with Crippen molar-refractivity contribution >= 4 is 17.6 Å². The van der Waals surface area contributed by atoms with Gasteiger partial charge in [-0.2, -0.15) is 0 Å². The van der Waals surface area contributed by atoms with E-state index in [1.807, 2.05) is 48.5 Å². The molecule has 0 aliphatic rings. The number of esters is 1. The molecule has 2 rings (SSSR count). The van der Waals surface area contributed by atoms with Crippen molar-refractivity contribution in [2.75, 3.05) is 7.11 Å². The van der Waals surface area contributed by atoms with Crippen molar-refractivity contribution < 1.29 is 9.53 Å². The van der Waals surface area contributed by atoms with E-state index in [4.69, 9.17) is 17.3 Å². The molecule has 20 heavy (non-hydrogen) atoms. The SMILES string of the molecule is COC(=O)[C@@H](N)Cc1ccc(-c2cccc(Cl)c2)cc1. The fourth-order valence-electron chi connectivity index (χ4n) is 1.99. The van der Waals surface area contributed by atoms with Gasteiger partial charge >= 0.3 is 5.97 Å². The molecule has 104 valence electrons. The number of rotatable bonds is 4. The van der Waals surface area contributed by atoms with E-state index in [9.17, 15) is 4.79 Å². The molecule has 3 nitrogen and oxygen atoms in total. The summed E-state index contributed by atoms with van der Waals surface area (Å²) in [6.45, 7) is 0. The van der Waals surface area contributed by atoms with Gasteiger partial charge in [0.1, 0.15) is 6.04 Å². The summed E-state index contributed by atoms with van der Waals surface area (Å²) in [5.41, 5.74) is 8.86. The van der Waals surface area contributed by atoms with Crippen molar-refractivity contribution in [1.29, 1.82) is 0 Å². The number of carbonyl (C=O) groups is 1. The van der Waals surface area contributed by atoms with Crippen molar-refractivity contribution in [2.45, 2.75) is 12.5 Å². The number of nitrogens with two attached hydrogens (primary N) is 1. The maximum absolute atomic E-state index is 11.3. The van der Waals surface area contributed by atoms with E-state index in [2.05, 4.69) is 4.74 Å². The van der Waals surface area contributed by atoms with Crippen molar-refractivity contribution in [3.63, 3.8) is 0 Å². The van der Waals surface area contributed by atoms with Crippen LogP contribution in [0.4, 0.5) is 0 Å². The molecule has 0 fully saturated rings. The van der Waals surface area contributed by atoms with Crippen molar-refractivity contribution in [3.8, 4) is 11.1 Å². The van der Waals surface area contributed by atoms with Gasteiger partial charge in [-0.1, -0.05) is 48.0 Å². The van der Waals surface area contributed by atoms with Crippen LogP contribution >= 0.6 is 11.6 Å². The van der Waals surface area contributed by atoms with Crippen LogP contribution in [0.15, 0.2) is 48.5 Å². The monoisotopic (exact) mass is 289 g/mol. The molecule has 0 aromatic heterocycles. The molecule has 0 radical (unpaired) electrons. The number of halogens is 1. The number of ether oxygens (including phenoxy) is 1. The van der Waals surface area contributed by atoms with E-state index in [1.54, 1.807) is 0 Å². The fraction of sp³-hybridized carbons (Fsp3) is 0.188. The zero-order chi connectivity index (χ0) is 14.5. The summed E-state index contributed by atoms with van der Waals surface area (Å²) in [6.07, 6.45) is 0.461. The Balaban J connectivity index is 2.12. The van der Waals surface area contributed by atoms with Gasteiger partial charge in [0.05, 0.1) is 7.11 Å². The maximum atomic E-state index is 11.3. The van der Waals surface area contributed by atoms with Gasteiger partial charge < -0.3 is 10.5 Å². The molecular formula is C16H16ClNO2. The second kappa shape index (κ2) is 6.55. The van der Waals surface area contributed by atoms with Crippen LogP contribution < -0.4 is 5.73 Å². The third-order valence-corrected chi connectivity index (χ3v) is 3.31. The zero-order valence-corrected chi connectivity index (χ0v) is 11.9. The minimum atomic E-state index is -0.628. The Bertz CT molecular complexity index is 596. The lowest BCUT2D eigenvalue weighted by Gasteiger charge is -2.10. The highest BCUT2D eigenvalue weighted by Crippen LogP contribution is 2.23. The first kappa shape index (κ1) is 14.6. The van der Waals surface area contributed by atoms with Crippen LogP contribution in [-0.2, 0) is 16.0 Å². The molecule has 0 unspecified atom stereocenters. The van der Waals surface area contributed by atoms with Crippen LogP contribution in [0.3, 0.4) is 0 Å². The Morgan fingerprint density at radius 1 is 1.20 bits per heavy atom. The van der Waals surface area contributed by atoms with Crippen molar-refractivity contribution in [3.05, 3.63) is 59.1 Å². The molecule has 0 saturated carbocycles. The Labute approximate surface area is 123 Å². The highest BCUT2D eigenvalue weighted by atomic mass is 35.5. The Hall–Kier alpha value is -1.84. The van der Waals surface area contributed by atoms with Gasteiger partial charge in [0.25, 0.3) is 0 Å². The lowest BCUT2D eigenvalue weighted by Crippen LogP contribution is -2.33. The molecular weight excluding hydrogens is 274 g/mol. The predicted octanol–water partition coefficient (Wildman–Crippen LogP) is 3.05. The largest absolute Gasteiger partial charge is 0.468 e. The predicted molar refractivity (Wildman–Crippen MR) is 80.6 cm³/mol. The van der Waals surface area contributed by atoms with Gasteiger partial charge in [-0.05, 0) is 35.2 Å². The number of hydrogen-bond acceptors (Lipinski definition) is 3. The van der Waals surface area contributed by atoms with Gasteiger partial charge in [0.15, 0.2) is 0 Å². The minimum Gasteiger partial charge on any atom is -0.468 e. The standard InChI is InChI=1S/C16H16ClNO2/c1-20-16(19)15(18)9-11-5-7-12(8-6-11)13-3-2-4-14(17)10-13/h2-8,10,15H,9,18H2,1H3/t15-/m0/s1. The number of methoxy groups -OCH3 is 1. The van der Waals surface area contributed by atoms with Gasteiger partial charge in [-0.25, -0.2) is 0 Å². The average Bonchev–Trinajstić information content (AvgIpc) is 2.47. The highest BCUT2D eigenvalue weighted by molar-refractivity contribution is 6.30. The third kappa shape index (κ3) is 3.59. The van der Waals surface area contributed by atoms with E-state index in [0.29, 0.717) is 11.4 Å². The van der Waals surface area contributed by atoms with Crippen LogP contribution in [0, 0.1) is 0 Å². The molecule has 2 N–H and O–H groups in total. The summed E-state index contributed by atoms with van der Waals surface area (Å²) < 4.78 is 4.61. The molecule has 4 heteroatoms. The molecule has 2 aromatic carbocycles. The Morgan fingerprint density at radius 3 is 2.50 bits per heavy atom. The first-order valence-electron chi connectivity index (χ1n) is 6.28. The maximum Gasteiger partial charge on any atom is 0.322 e. The van der Waals surface area contributed by atoms with E-state index >= 15 is 0 Å². The fourth-order valence-corrected chi connectivity index (χ4v) is 2.18. The first-order chi connectivity index (χ1) is 9.60. The third-order valence-electron chi connectivity index (χ3n) is 3.07. The summed E-state index contributed by atoms with van der Waals surface area (Å²) in [4.78, 5) is 11.3.